The van der Waals surface area contributed by atoms with Gasteiger partial charge in [-0.15, -0.1) is 0 Å². The van der Waals surface area contributed by atoms with E-state index in [9.17, 15) is 4.79 Å². The minimum atomic E-state index is 0.267. The molecule has 0 bridgehead atoms. The monoisotopic (exact) mass is 311 g/mol. The molecule has 1 aromatic heterocycles. The molecule has 0 saturated carbocycles. The van der Waals surface area contributed by atoms with Crippen LogP contribution in [0.2, 0.25) is 0 Å². The first-order chi connectivity index (χ1) is 7.27. The third kappa shape index (κ3) is 1.33. The average molecular weight is 311 g/mol. The van der Waals surface area contributed by atoms with Crippen molar-refractivity contribution >= 4 is 39.3 Å². The number of ketones is 1. The SMILES string of the molecule is O=C1CCCc2c1[nH]c1c(I)cccc21. The molecule has 3 heteroatoms. The fourth-order valence-electron chi connectivity index (χ4n) is 2.29. The van der Waals surface area contributed by atoms with Crippen molar-refractivity contribution in [3.05, 3.63) is 33.0 Å². The average Bonchev–Trinajstić information content (AvgIpc) is 2.60. The van der Waals surface area contributed by atoms with Gasteiger partial charge in [0.05, 0.1) is 11.2 Å². The number of Topliss-reactive ketones (excluding diaryl/α,β-unsaturated/α-hetero) is 1. The van der Waals surface area contributed by atoms with E-state index >= 15 is 0 Å². The molecule has 1 N–H and O–H groups in total. The molecule has 76 valence electrons. The third-order valence-corrected chi connectivity index (χ3v) is 3.90. The Balaban J connectivity index is 2.40. The Labute approximate surface area is 101 Å². The molecule has 2 nitrogen and oxygen atoms in total. The van der Waals surface area contributed by atoms with Gasteiger partial charge in [-0.05, 0) is 47.1 Å². The highest BCUT2D eigenvalue weighted by atomic mass is 127. The molecule has 0 fully saturated rings. The first-order valence-corrected chi connectivity index (χ1v) is 6.17. The summed E-state index contributed by atoms with van der Waals surface area (Å²) in [6.45, 7) is 0. The highest BCUT2D eigenvalue weighted by molar-refractivity contribution is 14.1. The molecule has 0 unspecified atom stereocenters. The van der Waals surface area contributed by atoms with Crippen LogP contribution < -0.4 is 0 Å². The number of para-hydroxylation sites is 1. The summed E-state index contributed by atoms with van der Waals surface area (Å²) in [6, 6.07) is 6.22. The number of halogens is 1. The van der Waals surface area contributed by atoms with Gasteiger partial charge in [0.15, 0.2) is 5.78 Å². The Kier molecular flexibility index (Phi) is 2.09. The van der Waals surface area contributed by atoms with E-state index in [1.807, 2.05) is 0 Å². The zero-order chi connectivity index (χ0) is 10.4. The summed E-state index contributed by atoms with van der Waals surface area (Å²) in [5.41, 5.74) is 3.19. The minimum Gasteiger partial charge on any atom is -0.351 e. The Bertz CT molecular complexity index is 556. The molecule has 0 saturated heterocycles. The van der Waals surface area contributed by atoms with E-state index < -0.39 is 0 Å². The molecule has 0 spiro atoms. The van der Waals surface area contributed by atoms with Crippen molar-refractivity contribution in [2.45, 2.75) is 19.3 Å². The van der Waals surface area contributed by atoms with Crippen LogP contribution in [0.4, 0.5) is 0 Å². The molecule has 1 aromatic carbocycles. The van der Waals surface area contributed by atoms with Crippen LogP contribution in [0.3, 0.4) is 0 Å². The number of H-pyrrole nitrogens is 1. The topological polar surface area (TPSA) is 32.9 Å². The lowest BCUT2D eigenvalue weighted by Gasteiger charge is -2.09. The molecule has 1 heterocycles. The van der Waals surface area contributed by atoms with E-state index in [0.29, 0.717) is 6.42 Å². The number of carbonyl (C=O) groups excluding carboxylic acids is 1. The van der Waals surface area contributed by atoms with Crippen LogP contribution in [0, 0.1) is 3.57 Å². The van der Waals surface area contributed by atoms with Crippen molar-refractivity contribution in [1.29, 1.82) is 0 Å². The van der Waals surface area contributed by atoms with Gasteiger partial charge in [0.25, 0.3) is 0 Å². The number of carbonyl (C=O) groups is 1. The summed E-state index contributed by atoms with van der Waals surface area (Å²) in [6.07, 6.45) is 2.71. The van der Waals surface area contributed by atoms with Crippen LogP contribution in [-0.4, -0.2) is 10.8 Å². The number of aryl methyl sites for hydroxylation is 1. The van der Waals surface area contributed by atoms with Gasteiger partial charge >= 0.3 is 0 Å². The smallest absolute Gasteiger partial charge is 0.179 e. The molecule has 0 atom stereocenters. The summed E-state index contributed by atoms with van der Waals surface area (Å²) in [7, 11) is 0. The van der Waals surface area contributed by atoms with Crippen molar-refractivity contribution in [3.8, 4) is 0 Å². The summed E-state index contributed by atoms with van der Waals surface area (Å²) in [5.74, 6) is 0.267. The van der Waals surface area contributed by atoms with Gasteiger partial charge in [-0.25, -0.2) is 0 Å². The maximum atomic E-state index is 11.7. The van der Waals surface area contributed by atoms with Gasteiger partial charge in [0.2, 0.25) is 0 Å². The highest BCUT2D eigenvalue weighted by Crippen LogP contribution is 2.31. The van der Waals surface area contributed by atoms with Crippen molar-refractivity contribution in [2.24, 2.45) is 0 Å². The lowest BCUT2D eigenvalue weighted by molar-refractivity contribution is 0.0968. The van der Waals surface area contributed by atoms with E-state index in [4.69, 9.17) is 0 Å². The number of hydrogen-bond donors (Lipinski definition) is 1. The van der Waals surface area contributed by atoms with Gasteiger partial charge in [-0.2, -0.15) is 0 Å². The third-order valence-electron chi connectivity index (χ3n) is 3.00. The molecular formula is C12H10INO. The van der Waals surface area contributed by atoms with E-state index in [0.717, 1.165) is 24.1 Å². The molecule has 15 heavy (non-hydrogen) atoms. The predicted octanol–water partition coefficient (Wildman–Crippen LogP) is 3.29. The molecule has 0 aliphatic heterocycles. The number of rotatable bonds is 0. The molecule has 0 amide bonds. The maximum absolute atomic E-state index is 11.7. The van der Waals surface area contributed by atoms with E-state index in [2.05, 4.69) is 45.8 Å². The fraction of sp³-hybridized carbons (Fsp3) is 0.250. The lowest BCUT2D eigenvalue weighted by Crippen LogP contribution is -2.09. The van der Waals surface area contributed by atoms with Gasteiger partial charge in [-0.1, -0.05) is 12.1 Å². The second-order valence-corrected chi connectivity index (χ2v) is 5.08. The van der Waals surface area contributed by atoms with E-state index in [1.54, 1.807) is 0 Å². The van der Waals surface area contributed by atoms with E-state index in [1.165, 1.54) is 14.5 Å². The van der Waals surface area contributed by atoms with Crippen LogP contribution in [0.15, 0.2) is 18.2 Å². The van der Waals surface area contributed by atoms with Crippen molar-refractivity contribution in [1.82, 2.24) is 4.98 Å². The molecule has 1 aliphatic rings. The Morgan fingerprint density at radius 3 is 3.00 bits per heavy atom. The first-order valence-electron chi connectivity index (χ1n) is 5.09. The van der Waals surface area contributed by atoms with Gasteiger partial charge in [-0.3, -0.25) is 4.79 Å². The predicted molar refractivity (Wildman–Crippen MR) is 68.3 cm³/mol. The zero-order valence-electron chi connectivity index (χ0n) is 8.14. The number of benzene rings is 1. The summed E-state index contributed by atoms with van der Waals surface area (Å²) in [5, 5.41) is 1.23. The quantitative estimate of drug-likeness (QED) is 0.744. The fourth-order valence-corrected chi connectivity index (χ4v) is 2.92. The standard InChI is InChI=1S/C12H10INO/c13-9-5-1-3-7-8-4-2-6-10(15)12(8)14-11(7)9/h1,3,5,14H,2,4,6H2. The number of nitrogens with one attached hydrogen (secondary N) is 1. The van der Waals surface area contributed by atoms with Gasteiger partial charge < -0.3 is 4.98 Å². The molecule has 0 radical (unpaired) electrons. The normalized spacial score (nSPS) is 15.7. The van der Waals surface area contributed by atoms with Crippen molar-refractivity contribution in [2.75, 3.05) is 0 Å². The van der Waals surface area contributed by atoms with E-state index in [-0.39, 0.29) is 5.78 Å². The largest absolute Gasteiger partial charge is 0.351 e. The number of fused-ring (bicyclic) bond motifs is 3. The second-order valence-electron chi connectivity index (χ2n) is 3.92. The Morgan fingerprint density at radius 2 is 2.13 bits per heavy atom. The van der Waals surface area contributed by atoms with Crippen molar-refractivity contribution in [3.63, 3.8) is 0 Å². The van der Waals surface area contributed by atoms with Crippen LogP contribution >= 0.6 is 22.6 Å². The lowest BCUT2D eigenvalue weighted by atomic mass is 9.95. The van der Waals surface area contributed by atoms with Crippen LogP contribution in [0.25, 0.3) is 10.9 Å². The summed E-state index contributed by atoms with van der Waals surface area (Å²) < 4.78 is 1.19. The maximum Gasteiger partial charge on any atom is 0.179 e. The molecule has 1 aliphatic carbocycles. The Morgan fingerprint density at radius 1 is 1.27 bits per heavy atom. The van der Waals surface area contributed by atoms with Crippen molar-refractivity contribution < 1.29 is 4.79 Å². The summed E-state index contributed by atoms with van der Waals surface area (Å²) >= 11 is 2.31. The number of hydrogen-bond acceptors (Lipinski definition) is 1. The summed E-state index contributed by atoms with van der Waals surface area (Å²) in [4.78, 5) is 15.0. The van der Waals surface area contributed by atoms with Crippen LogP contribution in [0.1, 0.15) is 28.9 Å². The first kappa shape index (κ1) is 9.39. The van der Waals surface area contributed by atoms with Gasteiger partial charge in [0.1, 0.15) is 0 Å². The minimum absolute atomic E-state index is 0.267. The van der Waals surface area contributed by atoms with Crippen LogP contribution in [0.5, 0.6) is 0 Å². The van der Waals surface area contributed by atoms with Gasteiger partial charge in [0, 0.05) is 15.4 Å². The second kappa shape index (κ2) is 3.33. The molecular weight excluding hydrogens is 301 g/mol. The van der Waals surface area contributed by atoms with Crippen LogP contribution in [-0.2, 0) is 6.42 Å². The molecule has 3 rings (SSSR count). The number of aromatic amines is 1. The molecule has 2 aromatic rings. The Hall–Kier alpha value is -0.840. The zero-order valence-corrected chi connectivity index (χ0v) is 10.3. The highest BCUT2D eigenvalue weighted by Gasteiger charge is 2.22. The number of aromatic nitrogens is 1.